The number of anilines is 1. The monoisotopic (exact) mass is 298 g/mol. The van der Waals surface area contributed by atoms with Gasteiger partial charge in [0.2, 0.25) is 5.91 Å². The second kappa shape index (κ2) is 7.87. The van der Waals surface area contributed by atoms with Crippen molar-refractivity contribution < 1.29 is 14.7 Å². The van der Waals surface area contributed by atoms with Crippen molar-refractivity contribution in [2.24, 2.45) is 0 Å². The Morgan fingerprint density at radius 1 is 1.40 bits per heavy atom. The summed E-state index contributed by atoms with van der Waals surface area (Å²) in [5, 5.41) is 12.0. The van der Waals surface area contributed by atoms with E-state index in [1.807, 2.05) is 19.9 Å². The van der Waals surface area contributed by atoms with Gasteiger partial charge >= 0.3 is 5.97 Å². The second-order valence-corrected chi connectivity index (χ2v) is 4.93. The average molecular weight is 299 g/mol. The Hall–Kier alpha value is -1.59. The van der Waals surface area contributed by atoms with Gasteiger partial charge in [-0.3, -0.25) is 14.5 Å². The SMILES string of the molecule is CCN(CCC(=O)O)CC(=O)Nc1ccc(C)c(Cl)c1. The first kappa shape index (κ1) is 16.5. The van der Waals surface area contributed by atoms with Crippen LogP contribution in [-0.4, -0.2) is 41.5 Å². The van der Waals surface area contributed by atoms with Crippen molar-refractivity contribution >= 4 is 29.2 Å². The van der Waals surface area contributed by atoms with E-state index in [-0.39, 0.29) is 18.9 Å². The number of benzene rings is 1. The van der Waals surface area contributed by atoms with Crippen molar-refractivity contribution in [2.75, 3.05) is 25.0 Å². The van der Waals surface area contributed by atoms with Crippen LogP contribution >= 0.6 is 11.6 Å². The molecule has 0 saturated carbocycles. The molecular weight excluding hydrogens is 280 g/mol. The summed E-state index contributed by atoms with van der Waals surface area (Å²) < 4.78 is 0. The molecule has 0 aliphatic carbocycles. The summed E-state index contributed by atoms with van der Waals surface area (Å²) in [4.78, 5) is 24.2. The molecule has 0 aliphatic rings. The molecule has 110 valence electrons. The highest BCUT2D eigenvalue weighted by molar-refractivity contribution is 6.31. The number of halogens is 1. The standard InChI is InChI=1S/C14H19ClN2O3/c1-3-17(7-6-14(19)20)9-13(18)16-11-5-4-10(2)12(15)8-11/h4-5,8H,3,6-7,9H2,1-2H3,(H,16,18)(H,19,20). The van der Waals surface area contributed by atoms with Crippen LogP contribution in [0.25, 0.3) is 0 Å². The fourth-order valence-corrected chi connectivity index (χ4v) is 1.86. The second-order valence-electron chi connectivity index (χ2n) is 4.52. The van der Waals surface area contributed by atoms with Gasteiger partial charge in [0.25, 0.3) is 0 Å². The molecule has 0 atom stereocenters. The van der Waals surface area contributed by atoms with Crippen LogP contribution in [-0.2, 0) is 9.59 Å². The van der Waals surface area contributed by atoms with Gasteiger partial charge in [0.05, 0.1) is 13.0 Å². The Morgan fingerprint density at radius 2 is 2.10 bits per heavy atom. The molecule has 0 aliphatic heterocycles. The van der Waals surface area contributed by atoms with E-state index in [2.05, 4.69) is 5.32 Å². The number of amides is 1. The summed E-state index contributed by atoms with van der Waals surface area (Å²) in [5.41, 5.74) is 1.58. The van der Waals surface area contributed by atoms with Gasteiger partial charge in [0, 0.05) is 17.3 Å². The van der Waals surface area contributed by atoms with Gasteiger partial charge in [-0.15, -0.1) is 0 Å². The molecule has 0 heterocycles. The van der Waals surface area contributed by atoms with Crippen LogP contribution in [0.5, 0.6) is 0 Å². The predicted molar refractivity (Wildman–Crippen MR) is 79.2 cm³/mol. The summed E-state index contributed by atoms with van der Waals surface area (Å²) in [6.45, 7) is 4.91. The third-order valence-corrected chi connectivity index (χ3v) is 3.32. The van der Waals surface area contributed by atoms with Crippen molar-refractivity contribution in [2.45, 2.75) is 20.3 Å². The minimum Gasteiger partial charge on any atom is -0.481 e. The summed E-state index contributed by atoms with van der Waals surface area (Å²) in [5.74, 6) is -1.05. The zero-order chi connectivity index (χ0) is 15.1. The number of likely N-dealkylation sites (N-methyl/N-ethyl adjacent to an activating group) is 1. The highest BCUT2D eigenvalue weighted by atomic mass is 35.5. The Kier molecular flexibility index (Phi) is 6.48. The van der Waals surface area contributed by atoms with Crippen LogP contribution in [0.2, 0.25) is 5.02 Å². The molecule has 0 fully saturated rings. The van der Waals surface area contributed by atoms with E-state index < -0.39 is 5.97 Å². The minimum absolute atomic E-state index is 0.0253. The third kappa shape index (κ3) is 5.59. The van der Waals surface area contributed by atoms with Gasteiger partial charge in [-0.05, 0) is 31.2 Å². The van der Waals surface area contributed by atoms with Crippen LogP contribution in [0.4, 0.5) is 5.69 Å². The molecule has 1 amide bonds. The molecule has 5 nitrogen and oxygen atoms in total. The summed E-state index contributed by atoms with van der Waals surface area (Å²) >= 11 is 5.99. The van der Waals surface area contributed by atoms with E-state index in [1.165, 1.54) is 0 Å². The van der Waals surface area contributed by atoms with Crippen LogP contribution in [0.15, 0.2) is 18.2 Å². The highest BCUT2D eigenvalue weighted by Crippen LogP contribution is 2.19. The number of carboxylic acid groups (broad SMARTS) is 1. The van der Waals surface area contributed by atoms with Crippen molar-refractivity contribution in [1.29, 1.82) is 0 Å². The third-order valence-electron chi connectivity index (χ3n) is 2.91. The number of aliphatic carboxylic acids is 1. The Morgan fingerprint density at radius 3 is 2.65 bits per heavy atom. The van der Waals surface area contributed by atoms with Gasteiger partial charge in [0.15, 0.2) is 0 Å². The van der Waals surface area contributed by atoms with Crippen LogP contribution in [0.1, 0.15) is 18.9 Å². The number of hydrogen-bond acceptors (Lipinski definition) is 3. The lowest BCUT2D eigenvalue weighted by molar-refractivity contribution is -0.137. The molecule has 20 heavy (non-hydrogen) atoms. The van der Waals surface area contributed by atoms with Crippen LogP contribution < -0.4 is 5.32 Å². The first-order valence-corrected chi connectivity index (χ1v) is 6.80. The Bertz CT molecular complexity index is 491. The van der Waals surface area contributed by atoms with E-state index in [1.54, 1.807) is 17.0 Å². The van der Waals surface area contributed by atoms with E-state index in [4.69, 9.17) is 16.7 Å². The minimum atomic E-state index is -0.867. The van der Waals surface area contributed by atoms with Crippen molar-refractivity contribution in [1.82, 2.24) is 4.90 Å². The fraction of sp³-hybridized carbons (Fsp3) is 0.429. The molecule has 0 unspecified atom stereocenters. The zero-order valence-electron chi connectivity index (χ0n) is 11.6. The maximum atomic E-state index is 11.9. The first-order valence-electron chi connectivity index (χ1n) is 6.42. The lowest BCUT2D eigenvalue weighted by Gasteiger charge is -2.18. The molecule has 0 saturated heterocycles. The lowest BCUT2D eigenvalue weighted by atomic mass is 10.2. The van der Waals surface area contributed by atoms with E-state index >= 15 is 0 Å². The molecule has 6 heteroatoms. The predicted octanol–water partition coefficient (Wildman–Crippen LogP) is 2.38. The van der Waals surface area contributed by atoms with Crippen molar-refractivity contribution in [3.8, 4) is 0 Å². The number of aryl methyl sites for hydroxylation is 1. The number of nitrogens with one attached hydrogen (secondary N) is 1. The number of carbonyl (C=O) groups excluding carboxylic acids is 1. The topological polar surface area (TPSA) is 69.6 Å². The molecule has 0 bridgehead atoms. The van der Waals surface area contributed by atoms with E-state index in [0.29, 0.717) is 23.8 Å². The number of carboxylic acids is 1. The molecule has 0 aromatic heterocycles. The molecule has 2 N–H and O–H groups in total. The lowest BCUT2D eigenvalue weighted by Crippen LogP contribution is -2.34. The van der Waals surface area contributed by atoms with E-state index in [9.17, 15) is 9.59 Å². The maximum Gasteiger partial charge on any atom is 0.304 e. The van der Waals surface area contributed by atoms with Gasteiger partial charge in [-0.1, -0.05) is 24.6 Å². The number of rotatable bonds is 7. The first-order chi connectivity index (χ1) is 9.42. The Balaban J connectivity index is 2.52. The zero-order valence-corrected chi connectivity index (χ0v) is 12.4. The smallest absolute Gasteiger partial charge is 0.304 e. The number of nitrogens with zero attached hydrogens (tertiary/aromatic N) is 1. The van der Waals surface area contributed by atoms with Crippen molar-refractivity contribution in [3.05, 3.63) is 28.8 Å². The van der Waals surface area contributed by atoms with Crippen LogP contribution in [0, 0.1) is 6.92 Å². The largest absolute Gasteiger partial charge is 0.481 e. The summed E-state index contributed by atoms with van der Waals surface area (Å²) in [7, 11) is 0. The molecule has 0 spiro atoms. The van der Waals surface area contributed by atoms with Crippen LogP contribution in [0.3, 0.4) is 0 Å². The van der Waals surface area contributed by atoms with Gasteiger partial charge in [-0.2, -0.15) is 0 Å². The van der Waals surface area contributed by atoms with Gasteiger partial charge < -0.3 is 10.4 Å². The average Bonchev–Trinajstić information content (AvgIpc) is 2.38. The number of hydrogen-bond donors (Lipinski definition) is 2. The molecule has 0 radical (unpaired) electrons. The summed E-state index contributed by atoms with van der Waals surface area (Å²) in [6.07, 6.45) is 0.0253. The molecule has 1 rings (SSSR count). The normalized spacial score (nSPS) is 10.6. The molecule has 1 aromatic carbocycles. The molecular formula is C14H19ClN2O3. The molecule has 1 aromatic rings. The van der Waals surface area contributed by atoms with Crippen molar-refractivity contribution in [3.63, 3.8) is 0 Å². The fourth-order valence-electron chi connectivity index (χ4n) is 1.68. The quantitative estimate of drug-likeness (QED) is 0.811. The summed E-state index contributed by atoms with van der Waals surface area (Å²) in [6, 6.07) is 5.31. The van der Waals surface area contributed by atoms with Gasteiger partial charge in [0.1, 0.15) is 0 Å². The maximum absolute atomic E-state index is 11.9. The van der Waals surface area contributed by atoms with Gasteiger partial charge in [-0.25, -0.2) is 0 Å². The highest BCUT2D eigenvalue weighted by Gasteiger charge is 2.11. The number of carbonyl (C=O) groups is 2. The Labute approximate surface area is 123 Å². The van der Waals surface area contributed by atoms with E-state index in [0.717, 1.165) is 5.56 Å².